The molecule has 3 rings (SSSR count). The van der Waals surface area contributed by atoms with Gasteiger partial charge in [-0.15, -0.1) is 0 Å². The summed E-state index contributed by atoms with van der Waals surface area (Å²) >= 11 is 0. The number of nitrogens with zero attached hydrogens (tertiary/aromatic N) is 2. The first-order valence-corrected chi connectivity index (χ1v) is 12.7. The molecule has 3 saturated heterocycles. The highest BCUT2D eigenvalue weighted by molar-refractivity contribution is 6.78. The fraction of sp³-hybridized carbons (Fsp3) is 0.882. The van der Waals surface area contributed by atoms with Gasteiger partial charge in [-0.25, -0.2) is 0 Å². The van der Waals surface area contributed by atoms with Crippen molar-refractivity contribution in [1.82, 2.24) is 15.1 Å². The van der Waals surface area contributed by atoms with Crippen molar-refractivity contribution < 1.29 is 9.59 Å². The van der Waals surface area contributed by atoms with E-state index in [4.69, 9.17) is 0 Å². The van der Waals surface area contributed by atoms with E-state index in [1.807, 2.05) is 0 Å². The number of nitrogens with one attached hydrogen (secondary N) is 1. The summed E-state index contributed by atoms with van der Waals surface area (Å²) in [6, 6.07) is 0. The van der Waals surface area contributed by atoms with Crippen molar-refractivity contribution in [2.75, 3.05) is 26.2 Å². The molecule has 3 fully saturated rings. The van der Waals surface area contributed by atoms with Crippen molar-refractivity contribution in [2.45, 2.75) is 69.4 Å². The van der Waals surface area contributed by atoms with Crippen molar-refractivity contribution in [3.8, 4) is 0 Å². The largest absolute Gasteiger partial charge is 0.353 e. The summed E-state index contributed by atoms with van der Waals surface area (Å²) in [4.78, 5) is 28.8. The van der Waals surface area contributed by atoms with Crippen molar-refractivity contribution in [2.24, 2.45) is 0 Å². The highest BCUT2D eigenvalue weighted by atomic mass is 28.3. The van der Waals surface area contributed by atoms with Gasteiger partial charge in [0, 0.05) is 24.2 Å². The summed E-state index contributed by atoms with van der Waals surface area (Å²) in [5, 5.41) is 3.40. The predicted molar refractivity (Wildman–Crippen MR) is 93.9 cm³/mol. The number of carbonyl (C=O) groups excluding carboxylic acids is 2. The minimum Gasteiger partial charge on any atom is -0.353 e. The maximum atomic E-state index is 12.6. The molecule has 0 aromatic heterocycles. The Balaban J connectivity index is 1.73. The van der Waals surface area contributed by atoms with Crippen LogP contribution in [0.4, 0.5) is 0 Å². The fourth-order valence-corrected chi connectivity index (χ4v) is 7.71. The highest BCUT2D eigenvalue weighted by Gasteiger charge is 2.54. The molecule has 0 aromatic carbocycles. The van der Waals surface area contributed by atoms with Gasteiger partial charge in [-0.05, 0) is 45.2 Å². The monoisotopic (exact) mass is 337 g/mol. The zero-order chi connectivity index (χ0) is 16.7. The first kappa shape index (κ1) is 17.0. The zero-order valence-corrected chi connectivity index (χ0v) is 15.9. The second-order valence-corrected chi connectivity index (χ2v) is 13.9. The van der Waals surface area contributed by atoms with Crippen LogP contribution < -0.4 is 5.32 Å². The summed E-state index contributed by atoms with van der Waals surface area (Å²) < 4.78 is 0. The van der Waals surface area contributed by atoms with Gasteiger partial charge in [0.2, 0.25) is 11.8 Å². The lowest BCUT2D eigenvalue weighted by Crippen LogP contribution is -2.67. The first-order valence-electron chi connectivity index (χ1n) is 9.15. The zero-order valence-electron chi connectivity index (χ0n) is 14.9. The van der Waals surface area contributed by atoms with Gasteiger partial charge in [-0.3, -0.25) is 14.5 Å². The molecule has 23 heavy (non-hydrogen) atoms. The van der Waals surface area contributed by atoms with E-state index in [2.05, 4.69) is 29.9 Å². The molecular formula is C17H31N3O2Si. The fourth-order valence-electron chi connectivity index (χ4n) is 5.03. The smallest absolute Gasteiger partial charge is 0.239 e. The summed E-state index contributed by atoms with van der Waals surface area (Å²) in [5.74, 6) is 0.173. The van der Waals surface area contributed by atoms with Crippen LogP contribution in [0.5, 0.6) is 0 Å². The Kier molecular flexibility index (Phi) is 4.57. The Labute approximate surface area is 140 Å². The van der Waals surface area contributed by atoms with Crippen LogP contribution in [0.1, 0.15) is 38.5 Å². The third-order valence-corrected chi connectivity index (χ3v) is 8.33. The molecule has 6 heteroatoms. The van der Waals surface area contributed by atoms with Gasteiger partial charge in [0.25, 0.3) is 0 Å². The predicted octanol–water partition coefficient (Wildman–Crippen LogP) is 1.60. The molecule has 3 aliphatic rings. The highest BCUT2D eigenvalue weighted by Crippen LogP contribution is 2.43. The van der Waals surface area contributed by atoms with Gasteiger partial charge in [0.05, 0.1) is 14.6 Å². The number of rotatable bonds is 5. The summed E-state index contributed by atoms with van der Waals surface area (Å²) in [6.07, 6.45) is 6.42. The van der Waals surface area contributed by atoms with Crippen molar-refractivity contribution >= 4 is 19.9 Å². The minimum absolute atomic E-state index is 0.0424. The Morgan fingerprint density at radius 1 is 1.17 bits per heavy atom. The molecule has 0 radical (unpaired) electrons. The summed E-state index contributed by atoms with van der Waals surface area (Å²) in [7, 11) is -1.56. The number of likely N-dealkylation sites (tertiary alicyclic amines) is 1. The van der Waals surface area contributed by atoms with Crippen molar-refractivity contribution in [3.63, 3.8) is 0 Å². The quantitative estimate of drug-likeness (QED) is 0.775. The SMILES string of the molecule is C[Si](C)(C)C(NC(=O)CN1CCCC1=O)C12CCCN1CCC2. The van der Waals surface area contributed by atoms with Crippen molar-refractivity contribution in [3.05, 3.63) is 0 Å². The lowest BCUT2D eigenvalue weighted by molar-refractivity contribution is -0.133. The number of carbonyl (C=O) groups is 2. The van der Waals surface area contributed by atoms with Crippen LogP contribution in [0.3, 0.4) is 0 Å². The van der Waals surface area contributed by atoms with E-state index in [0.717, 1.165) is 13.0 Å². The van der Waals surface area contributed by atoms with Gasteiger partial charge in [0.1, 0.15) is 0 Å². The maximum Gasteiger partial charge on any atom is 0.239 e. The van der Waals surface area contributed by atoms with Gasteiger partial charge >= 0.3 is 0 Å². The molecule has 0 bridgehead atoms. The van der Waals surface area contributed by atoms with Gasteiger partial charge < -0.3 is 10.2 Å². The van der Waals surface area contributed by atoms with Crippen LogP contribution in [-0.4, -0.2) is 67.1 Å². The topological polar surface area (TPSA) is 52.7 Å². The van der Waals surface area contributed by atoms with E-state index >= 15 is 0 Å². The van der Waals surface area contributed by atoms with E-state index in [1.54, 1.807) is 4.90 Å². The molecule has 1 atom stereocenters. The maximum absolute atomic E-state index is 12.6. The Morgan fingerprint density at radius 3 is 2.35 bits per heavy atom. The molecule has 1 N–H and O–H groups in total. The van der Waals surface area contributed by atoms with Gasteiger partial charge in [-0.1, -0.05) is 19.6 Å². The average molecular weight is 338 g/mol. The normalized spacial score (nSPS) is 25.7. The molecule has 1 unspecified atom stereocenters. The molecule has 3 heterocycles. The van der Waals surface area contributed by atoms with Gasteiger partial charge in [0.15, 0.2) is 0 Å². The van der Waals surface area contributed by atoms with Crippen LogP contribution in [0.25, 0.3) is 0 Å². The Hall–Kier alpha value is -0.883. The number of hydrogen-bond acceptors (Lipinski definition) is 3. The van der Waals surface area contributed by atoms with Crippen LogP contribution in [0.2, 0.25) is 19.6 Å². The van der Waals surface area contributed by atoms with E-state index in [9.17, 15) is 9.59 Å². The molecule has 2 amide bonds. The molecule has 3 aliphatic heterocycles. The third kappa shape index (κ3) is 3.20. The number of hydrogen-bond donors (Lipinski definition) is 1. The van der Waals surface area contributed by atoms with Crippen LogP contribution in [0.15, 0.2) is 0 Å². The average Bonchev–Trinajstić information content (AvgIpc) is 3.11. The van der Waals surface area contributed by atoms with Crippen LogP contribution in [0, 0.1) is 0 Å². The summed E-state index contributed by atoms with van der Waals surface area (Å²) in [5.41, 5.74) is 0.472. The van der Waals surface area contributed by atoms with Crippen LogP contribution in [-0.2, 0) is 9.59 Å². The Morgan fingerprint density at radius 2 is 1.83 bits per heavy atom. The molecular weight excluding hydrogens is 306 g/mol. The van der Waals surface area contributed by atoms with Gasteiger partial charge in [-0.2, -0.15) is 0 Å². The van der Waals surface area contributed by atoms with E-state index in [1.165, 1.54) is 38.8 Å². The van der Waals surface area contributed by atoms with Crippen LogP contribution >= 0.6 is 0 Å². The second kappa shape index (κ2) is 6.20. The molecule has 0 spiro atoms. The Bertz CT molecular complexity index is 479. The molecule has 0 aromatic rings. The van der Waals surface area contributed by atoms with E-state index in [-0.39, 0.29) is 29.6 Å². The van der Waals surface area contributed by atoms with E-state index in [0.29, 0.717) is 6.42 Å². The molecule has 5 nitrogen and oxygen atoms in total. The van der Waals surface area contributed by atoms with E-state index < -0.39 is 8.07 Å². The molecule has 0 saturated carbocycles. The van der Waals surface area contributed by atoms with Crippen molar-refractivity contribution in [1.29, 1.82) is 0 Å². The standard InChI is InChI=1S/C17H31N3O2Si/c1-23(2,3)16(17-8-5-11-20(17)12-6-9-17)18-14(21)13-19-10-4-7-15(19)22/h16H,4-13H2,1-3H3,(H,18,21). The number of fused-ring (bicyclic) bond motifs is 1. The lowest BCUT2D eigenvalue weighted by atomic mass is 9.93. The third-order valence-electron chi connectivity index (χ3n) is 5.92. The first-order chi connectivity index (χ1) is 10.8. The lowest BCUT2D eigenvalue weighted by Gasteiger charge is -2.46. The molecule has 130 valence electrons. The summed E-state index contributed by atoms with van der Waals surface area (Å²) in [6.45, 7) is 10.4. The molecule has 0 aliphatic carbocycles. The minimum atomic E-state index is -1.56. The second-order valence-electron chi connectivity index (χ2n) is 8.58. The number of amides is 2.